The molecular formula is C14H19N3O3. The second kappa shape index (κ2) is 5.92. The van der Waals surface area contributed by atoms with Gasteiger partial charge >= 0.3 is 12.0 Å². The Hall–Kier alpha value is -2.08. The van der Waals surface area contributed by atoms with Crippen LogP contribution in [0.4, 0.5) is 4.79 Å². The SMILES string of the molecule is CN(C)CCNC(=O)N1Cc2ccc(C(=O)O)cc2C1. The van der Waals surface area contributed by atoms with E-state index in [1.54, 1.807) is 23.1 Å². The lowest BCUT2D eigenvalue weighted by atomic mass is 10.1. The molecule has 0 saturated carbocycles. The minimum absolute atomic E-state index is 0.111. The Morgan fingerprint density at radius 2 is 2.00 bits per heavy atom. The average Bonchev–Trinajstić information content (AvgIpc) is 2.80. The summed E-state index contributed by atoms with van der Waals surface area (Å²) in [6.07, 6.45) is 0. The Kier molecular flexibility index (Phi) is 4.24. The van der Waals surface area contributed by atoms with Crippen LogP contribution in [0.3, 0.4) is 0 Å². The molecule has 2 amide bonds. The number of aromatic carboxylic acids is 1. The van der Waals surface area contributed by atoms with E-state index in [0.29, 0.717) is 19.6 Å². The van der Waals surface area contributed by atoms with Crippen LogP contribution < -0.4 is 5.32 Å². The summed E-state index contributed by atoms with van der Waals surface area (Å²) in [5.41, 5.74) is 2.18. The van der Waals surface area contributed by atoms with Crippen LogP contribution in [0.15, 0.2) is 18.2 Å². The summed E-state index contributed by atoms with van der Waals surface area (Å²) in [7, 11) is 3.90. The summed E-state index contributed by atoms with van der Waals surface area (Å²) < 4.78 is 0. The van der Waals surface area contributed by atoms with Crippen molar-refractivity contribution in [1.82, 2.24) is 15.1 Å². The van der Waals surface area contributed by atoms with Gasteiger partial charge in [-0.05, 0) is 37.4 Å². The van der Waals surface area contributed by atoms with Crippen molar-refractivity contribution in [3.63, 3.8) is 0 Å². The number of amides is 2. The van der Waals surface area contributed by atoms with Gasteiger partial charge in [-0.3, -0.25) is 0 Å². The third-order valence-electron chi connectivity index (χ3n) is 3.30. The highest BCUT2D eigenvalue weighted by Gasteiger charge is 2.23. The third kappa shape index (κ3) is 3.27. The van der Waals surface area contributed by atoms with Gasteiger partial charge in [0.05, 0.1) is 5.56 Å². The van der Waals surface area contributed by atoms with Gasteiger partial charge in [-0.15, -0.1) is 0 Å². The van der Waals surface area contributed by atoms with Crippen LogP contribution in [-0.4, -0.2) is 54.1 Å². The van der Waals surface area contributed by atoms with E-state index in [1.165, 1.54) is 0 Å². The molecule has 0 saturated heterocycles. The third-order valence-corrected chi connectivity index (χ3v) is 3.30. The number of benzene rings is 1. The van der Waals surface area contributed by atoms with Crippen molar-refractivity contribution < 1.29 is 14.7 Å². The zero-order chi connectivity index (χ0) is 14.7. The number of carboxylic acid groups (broad SMARTS) is 1. The van der Waals surface area contributed by atoms with Crippen molar-refractivity contribution in [2.24, 2.45) is 0 Å². The number of likely N-dealkylation sites (N-methyl/N-ethyl adjacent to an activating group) is 1. The Balaban J connectivity index is 1.95. The maximum atomic E-state index is 12.0. The molecule has 2 rings (SSSR count). The van der Waals surface area contributed by atoms with Crippen LogP contribution in [-0.2, 0) is 13.1 Å². The largest absolute Gasteiger partial charge is 0.478 e. The lowest BCUT2D eigenvalue weighted by Gasteiger charge is -2.17. The molecule has 0 spiro atoms. The molecule has 20 heavy (non-hydrogen) atoms. The Bertz CT molecular complexity index is 528. The minimum Gasteiger partial charge on any atom is -0.478 e. The highest BCUT2D eigenvalue weighted by Crippen LogP contribution is 2.23. The van der Waals surface area contributed by atoms with Crippen LogP contribution in [0.25, 0.3) is 0 Å². The first kappa shape index (κ1) is 14.3. The van der Waals surface area contributed by atoms with E-state index < -0.39 is 5.97 Å². The van der Waals surface area contributed by atoms with Gasteiger partial charge in [0.25, 0.3) is 0 Å². The number of carboxylic acids is 1. The van der Waals surface area contributed by atoms with Crippen LogP contribution in [0.2, 0.25) is 0 Å². The zero-order valence-corrected chi connectivity index (χ0v) is 11.7. The molecule has 1 aliphatic heterocycles. The first-order valence-corrected chi connectivity index (χ1v) is 6.50. The van der Waals surface area contributed by atoms with Crippen molar-refractivity contribution >= 4 is 12.0 Å². The fraction of sp³-hybridized carbons (Fsp3) is 0.429. The standard InChI is InChI=1S/C14H19N3O3/c1-16(2)6-5-15-14(20)17-8-11-4-3-10(13(18)19)7-12(11)9-17/h3-4,7H,5-6,8-9H2,1-2H3,(H,15,20)(H,18,19). The van der Waals surface area contributed by atoms with Gasteiger partial charge in [0, 0.05) is 26.2 Å². The van der Waals surface area contributed by atoms with E-state index in [0.717, 1.165) is 17.7 Å². The molecule has 2 N–H and O–H groups in total. The molecule has 0 aromatic heterocycles. The summed E-state index contributed by atoms with van der Waals surface area (Å²) in [5.74, 6) is -0.943. The van der Waals surface area contributed by atoms with Gasteiger partial charge in [0.2, 0.25) is 0 Å². The molecule has 6 heteroatoms. The molecule has 0 atom stereocenters. The Morgan fingerprint density at radius 1 is 1.30 bits per heavy atom. The van der Waals surface area contributed by atoms with Crippen LogP contribution in [0.1, 0.15) is 21.5 Å². The molecule has 0 aliphatic carbocycles. The van der Waals surface area contributed by atoms with Crippen molar-refractivity contribution in [3.05, 3.63) is 34.9 Å². The quantitative estimate of drug-likeness (QED) is 0.860. The topological polar surface area (TPSA) is 72.9 Å². The number of hydrogen-bond donors (Lipinski definition) is 2. The fourth-order valence-corrected chi connectivity index (χ4v) is 2.17. The monoisotopic (exact) mass is 277 g/mol. The van der Waals surface area contributed by atoms with E-state index in [-0.39, 0.29) is 11.6 Å². The molecule has 108 valence electrons. The van der Waals surface area contributed by atoms with Crippen LogP contribution >= 0.6 is 0 Å². The highest BCUT2D eigenvalue weighted by atomic mass is 16.4. The molecule has 1 aliphatic rings. The summed E-state index contributed by atoms with van der Waals surface area (Å²) in [5, 5.41) is 11.8. The second-order valence-corrected chi connectivity index (χ2v) is 5.18. The molecule has 0 unspecified atom stereocenters. The zero-order valence-electron chi connectivity index (χ0n) is 11.7. The Labute approximate surface area is 118 Å². The first-order chi connectivity index (χ1) is 9.47. The number of carbonyl (C=O) groups is 2. The van der Waals surface area contributed by atoms with E-state index in [2.05, 4.69) is 5.32 Å². The molecule has 0 bridgehead atoms. The maximum Gasteiger partial charge on any atom is 0.335 e. The number of nitrogens with zero attached hydrogens (tertiary/aromatic N) is 2. The maximum absolute atomic E-state index is 12.0. The number of hydrogen-bond acceptors (Lipinski definition) is 3. The van der Waals surface area contributed by atoms with Gasteiger partial charge in [0.15, 0.2) is 0 Å². The van der Waals surface area contributed by atoms with Gasteiger partial charge in [0.1, 0.15) is 0 Å². The molecule has 0 radical (unpaired) electrons. The summed E-state index contributed by atoms with van der Waals surface area (Å²) in [4.78, 5) is 26.6. The number of urea groups is 1. The average molecular weight is 277 g/mol. The van der Waals surface area contributed by atoms with E-state index in [4.69, 9.17) is 5.11 Å². The van der Waals surface area contributed by atoms with Gasteiger partial charge in [-0.2, -0.15) is 0 Å². The van der Waals surface area contributed by atoms with Crippen LogP contribution in [0, 0.1) is 0 Å². The molecule has 6 nitrogen and oxygen atoms in total. The van der Waals surface area contributed by atoms with Gasteiger partial charge in [-0.1, -0.05) is 6.07 Å². The molecular weight excluding hydrogens is 258 g/mol. The number of nitrogens with one attached hydrogen (secondary N) is 1. The number of fused-ring (bicyclic) bond motifs is 1. The van der Waals surface area contributed by atoms with Crippen molar-refractivity contribution in [1.29, 1.82) is 0 Å². The molecule has 1 aromatic carbocycles. The highest BCUT2D eigenvalue weighted by molar-refractivity contribution is 5.88. The van der Waals surface area contributed by atoms with Crippen molar-refractivity contribution in [2.75, 3.05) is 27.2 Å². The smallest absolute Gasteiger partial charge is 0.335 e. The van der Waals surface area contributed by atoms with Crippen LogP contribution in [0.5, 0.6) is 0 Å². The van der Waals surface area contributed by atoms with E-state index in [9.17, 15) is 9.59 Å². The normalized spacial score (nSPS) is 13.4. The molecule has 1 heterocycles. The summed E-state index contributed by atoms with van der Waals surface area (Å²) in [6, 6.07) is 4.89. The summed E-state index contributed by atoms with van der Waals surface area (Å²) in [6.45, 7) is 2.38. The second-order valence-electron chi connectivity index (χ2n) is 5.18. The van der Waals surface area contributed by atoms with Crippen molar-refractivity contribution in [2.45, 2.75) is 13.1 Å². The number of carbonyl (C=O) groups excluding carboxylic acids is 1. The lowest BCUT2D eigenvalue weighted by molar-refractivity contribution is 0.0696. The summed E-state index contributed by atoms with van der Waals surface area (Å²) >= 11 is 0. The van der Waals surface area contributed by atoms with E-state index >= 15 is 0 Å². The molecule has 0 fully saturated rings. The van der Waals surface area contributed by atoms with Gasteiger partial charge < -0.3 is 20.2 Å². The fourth-order valence-electron chi connectivity index (χ4n) is 2.17. The number of rotatable bonds is 4. The first-order valence-electron chi connectivity index (χ1n) is 6.50. The predicted octanol–water partition coefficient (Wildman–Crippen LogP) is 0.972. The lowest BCUT2D eigenvalue weighted by Crippen LogP contribution is -2.39. The molecule has 1 aromatic rings. The Morgan fingerprint density at radius 3 is 2.65 bits per heavy atom. The van der Waals surface area contributed by atoms with Crippen molar-refractivity contribution in [3.8, 4) is 0 Å². The van der Waals surface area contributed by atoms with Gasteiger partial charge in [-0.25, -0.2) is 9.59 Å². The minimum atomic E-state index is -0.943. The van der Waals surface area contributed by atoms with E-state index in [1.807, 2.05) is 19.0 Å². The predicted molar refractivity (Wildman–Crippen MR) is 74.6 cm³/mol.